The van der Waals surface area contributed by atoms with Gasteiger partial charge in [0.15, 0.2) is 23.0 Å². The predicted molar refractivity (Wildman–Crippen MR) is 243 cm³/mol. The maximum atomic E-state index is 13.5. The first-order valence-corrected chi connectivity index (χ1v) is 21.8. The van der Waals surface area contributed by atoms with Crippen molar-refractivity contribution in [2.45, 2.75) is 51.1 Å². The average molecular weight is 895 g/mol. The van der Waals surface area contributed by atoms with E-state index < -0.39 is 0 Å². The van der Waals surface area contributed by atoms with Crippen LogP contribution in [0.2, 0.25) is 0 Å². The molecule has 4 heterocycles. The number of nitrogens with two attached hydrogens (primary N) is 1. The first-order chi connectivity index (χ1) is 31.6. The van der Waals surface area contributed by atoms with Gasteiger partial charge in [0.1, 0.15) is 13.2 Å². The second-order valence-corrected chi connectivity index (χ2v) is 16.0. The van der Waals surface area contributed by atoms with Gasteiger partial charge in [0, 0.05) is 57.2 Å². The van der Waals surface area contributed by atoms with Crippen molar-refractivity contribution < 1.29 is 52.3 Å². The molecule has 3 N–H and O–H groups in total. The summed E-state index contributed by atoms with van der Waals surface area (Å²) in [5.41, 5.74) is 11.6. The van der Waals surface area contributed by atoms with Gasteiger partial charge in [-0.15, -0.1) is 0 Å². The smallest absolute Gasteiger partial charge is 0.257 e. The second-order valence-electron chi connectivity index (χ2n) is 16.0. The molecule has 3 aromatic rings. The Morgan fingerprint density at radius 3 is 1.55 bits per heavy atom. The summed E-state index contributed by atoms with van der Waals surface area (Å²) >= 11 is 0. The Bertz CT molecular complexity index is 2170. The molecule has 0 aliphatic carbocycles. The van der Waals surface area contributed by atoms with Gasteiger partial charge in [0.2, 0.25) is 5.91 Å². The summed E-state index contributed by atoms with van der Waals surface area (Å²) in [6, 6.07) is 12.3. The van der Waals surface area contributed by atoms with E-state index >= 15 is 0 Å². The van der Waals surface area contributed by atoms with Crippen LogP contribution in [-0.2, 0) is 43.5 Å². The van der Waals surface area contributed by atoms with Crippen LogP contribution in [0.15, 0.2) is 76.8 Å². The summed E-state index contributed by atoms with van der Waals surface area (Å²) in [5, 5.41) is 2.99. The topological polar surface area (TPSA) is 194 Å². The van der Waals surface area contributed by atoms with E-state index in [0.29, 0.717) is 124 Å². The lowest BCUT2D eigenvalue weighted by atomic mass is 10.1. The van der Waals surface area contributed by atoms with E-state index in [2.05, 4.69) is 28.5 Å². The monoisotopic (exact) mass is 894 g/mol. The van der Waals surface area contributed by atoms with Gasteiger partial charge < -0.3 is 58.7 Å². The summed E-state index contributed by atoms with van der Waals surface area (Å²) in [6.45, 7) is 13.3. The number of amides is 3. The molecule has 3 aromatic carbocycles. The molecule has 7 rings (SSSR count). The lowest BCUT2D eigenvalue weighted by Crippen LogP contribution is -2.35. The number of aliphatic imine (C=N–C) groups is 2. The molecule has 0 saturated carbocycles. The highest BCUT2D eigenvalue weighted by atomic mass is 16.6. The number of carbonyl (C=O) groups is 3. The average Bonchev–Trinajstić information content (AvgIpc) is 3.82. The zero-order valence-electron chi connectivity index (χ0n) is 37.1. The summed E-state index contributed by atoms with van der Waals surface area (Å²) in [6.07, 6.45) is 5.08. The molecule has 2 fully saturated rings. The number of hydrogen-bond donors (Lipinski definition) is 2. The predicted octanol–water partition coefficient (Wildman–Crippen LogP) is 4.87. The Labute approximate surface area is 379 Å². The van der Waals surface area contributed by atoms with Crippen LogP contribution in [0.3, 0.4) is 0 Å². The minimum absolute atomic E-state index is 0.116. The van der Waals surface area contributed by atoms with E-state index in [4.69, 9.17) is 43.6 Å². The molecule has 2 saturated heterocycles. The van der Waals surface area contributed by atoms with Gasteiger partial charge >= 0.3 is 0 Å². The molecule has 0 spiro atoms. The highest BCUT2D eigenvalue weighted by Crippen LogP contribution is 2.40. The molecule has 4 aliphatic heterocycles. The fourth-order valence-corrected chi connectivity index (χ4v) is 7.94. The Kier molecular flexibility index (Phi) is 16.4. The van der Waals surface area contributed by atoms with E-state index in [1.165, 1.54) is 14.2 Å². The standard InChI is InChI=1S/C48H58N6O11/c1-31-15-36-25-50-40-22-44(42(58-3)20-38(40)47(56)53(36)27-31)64-29-34-17-33(24-52-46(55)5-7-60-9-11-62-13-14-63-12-10-61-8-6-49)18-35(19-34)30-65-45-23-41-39(21-43(45)59-4)48(57)54-28-32(2)16-37(54)26-51-41/h17-23,25-26,36-37H,1-2,5-16,24,27-30,49H2,3-4H3,(H,52,55)/t36-,37-/m0/s1. The first kappa shape index (κ1) is 46.9. The molecule has 0 unspecified atom stereocenters. The maximum Gasteiger partial charge on any atom is 0.257 e. The van der Waals surface area contributed by atoms with Crippen molar-refractivity contribution in [1.29, 1.82) is 0 Å². The van der Waals surface area contributed by atoms with Crippen LogP contribution in [0.1, 0.15) is 56.7 Å². The van der Waals surface area contributed by atoms with Crippen LogP contribution < -0.4 is 30.0 Å². The Morgan fingerprint density at radius 1 is 0.646 bits per heavy atom. The van der Waals surface area contributed by atoms with Crippen LogP contribution in [0.5, 0.6) is 23.0 Å². The summed E-state index contributed by atoms with van der Waals surface area (Å²) in [7, 11) is 3.05. The molecule has 3 amide bonds. The van der Waals surface area contributed by atoms with Crippen molar-refractivity contribution in [3.63, 3.8) is 0 Å². The van der Waals surface area contributed by atoms with Crippen LogP contribution in [0.25, 0.3) is 0 Å². The van der Waals surface area contributed by atoms with Crippen molar-refractivity contribution in [2.75, 3.05) is 86.7 Å². The molecule has 2 atom stereocenters. The zero-order chi connectivity index (χ0) is 45.7. The molecular weight excluding hydrogens is 837 g/mol. The fraction of sp³-hybridized carbons (Fsp3) is 0.438. The number of nitrogens with zero attached hydrogens (tertiary/aromatic N) is 4. The zero-order valence-corrected chi connectivity index (χ0v) is 37.1. The largest absolute Gasteiger partial charge is 0.493 e. The maximum absolute atomic E-state index is 13.5. The highest BCUT2D eigenvalue weighted by Gasteiger charge is 2.35. The van der Waals surface area contributed by atoms with Crippen molar-refractivity contribution in [1.82, 2.24) is 15.1 Å². The third-order valence-electron chi connectivity index (χ3n) is 11.1. The summed E-state index contributed by atoms with van der Waals surface area (Å²) in [4.78, 5) is 52.9. The van der Waals surface area contributed by atoms with E-state index in [0.717, 1.165) is 27.8 Å². The van der Waals surface area contributed by atoms with Gasteiger partial charge in [0.25, 0.3) is 11.8 Å². The minimum atomic E-state index is -0.181. The lowest BCUT2D eigenvalue weighted by molar-refractivity contribution is -0.122. The van der Waals surface area contributed by atoms with Gasteiger partial charge in [-0.05, 0) is 47.7 Å². The number of ether oxygens (including phenoxy) is 8. The van der Waals surface area contributed by atoms with Crippen molar-refractivity contribution >= 4 is 41.5 Å². The van der Waals surface area contributed by atoms with Gasteiger partial charge in [-0.3, -0.25) is 24.4 Å². The van der Waals surface area contributed by atoms with Crippen molar-refractivity contribution in [3.05, 3.63) is 94.6 Å². The third-order valence-corrected chi connectivity index (χ3v) is 11.1. The van der Waals surface area contributed by atoms with Crippen LogP contribution in [0.4, 0.5) is 11.4 Å². The third kappa shape index (κ3) is 12.2. The molecule has 346 valence electrons. The molecule has 65 heavy (non-hydrogen) atoms. The van der Waals surface area contributed by atoms with E-state index in [9.17, 15) is 14.4 Å². The van der Waals surface area contributed by atoms with E-state index in [1.807, 2.05) is 18.2 Å². The fourth-order valence-electron chi connectivity index (χ4n) is 7.94. The van der Waals surface area contributed by atoms with Gasteiger partial charge in [-0.2, -0.15) is 0 Å². The molecule has 0 aromatic heterocycles. The molecule has 0 radical (unpaired) electrons. The SMILES string of the molecule is C=C1C[C@H]2C=Nc3cc(OCc4cc(CNC(=O)CCOCCOCCOCCOCCN)cc(COc5cc6c(cc5OC)C(=O)N5CC(=C)C[C@H]5C=N6)c4)c(OC)cc3C(=O)N2C1. The molecule has 4 aliphatic rings. The van der Waals surface area contributed by atoms with Gasteiger partial charge in [-0.1, -0.05) is 36.4 Å². The lowest BCUT2D eigenvalue weighted by Gasteiger charge is -2.20. The Hall–Kier alpha value is -6.11. The number of methoxy groups -OCH3 is 2. The van der Waals surface area contributed by atoms with E-state index in [-0.39, 0.29) is 62.6 Å². The molecule has 17 heteroatoms. The number of hydrogen-bond acceptors (Lipinski definition) is 14. The quantitative estimate of drug-likeness (QED) is 0.0918. The van der Waals surface area contributed by atoms with Crippen LogP contribution in [0, 0.1) is 0 Å². The molecule has 17 nitrogen and oxygen atoms in total. The van der Waals surface area contributed by atoms with Crippen LogP contribution in [-0.4, -0.2) is 139 Å². The Morgan fingerprint density at radius 2 is 1.09 bits per heavy atom. The number of nitrogens with one attached hydrogen (secondary N) is 1. The van der Waals surface area contributed by atoms with E-state index in [1.54, 1.807) is 46.5 Å². The minimum Gasteiger partial charge on any atom is -0.493 e. The van der Waals surface area contributed by atoms with Gasteiger partial charge in [0.05, 0.1) is 102 Å². The number of carbonyl (C=O) groups excluding carboxylic acids is 3. The van der Waals surface area contributed by atoms with Gasteiger partial charge in [-0.25, -0.2) is 0 Å². The number of rotatable bonds is 24. The summed E-state index contributed by atoms with van der Waals surface area (Å²) < 4.78 is 46.0. The molecular formula is C48H58N6O11. The number of benzene rings is 3. The second kappa shape index (κ2) is 22.7. The Balaban J connectivity index is 1.00. The van der Waals surface area contributed by atoms with Crippen molar-refractivity contribution in [2.24, 2.45) is 15.7 Å². The van der Waals surface area contributed by atoms with Crippen molar-refractivity contribution in [3.8, 4) is 23.0 Å². The summed E-state index contributed by atoms with van der Waals surface area (Å²) in [5.74, 6) is 1.15. The number of fused-ring (bicyclic) bond motifs is 4. The van der Waals surface area contributed by atoms with Crippen LogP contribution >= 0.6 is 0 Å². The first-order valence-electron chi connectivity index (χ1n) is 21.8. The normalized spacial score (nSPS) is 17.3. The molecule has 0 bridgehead atoms. The highest BCUT2D eigenvalue weighted by molar-refractivity contribution is 6.04.